The first-order valence-corrected chi connectivity index (χ1v) is 11.4. The van der Waals surface area contributed by atoms with Crippen LogP contribution in [0.3, 0.4) is 0 Å². The van der Waals surface area contributed by atoms with Crippen molar-refractivity contribution in [2.45, 2.75) is 50.5 Å². The summed E-state index contributed by atoms with van der Waals surface area (Å²) in [6.07, 6.45) is 6.09. The van der Waals surface area contributed by atoms with Gasteiger partial charge in [0.05, 0.1) is 11.6 Å². The lowest BCUT2D eigenvalue weighted by Crippen LogP contribution is -2.46. The van der Waals surface area contributed by atoms with Crippen molar-refractivity contribution in [2.75, 3.05) is 24.5 Å². The van der Waals surface area contributed by atoms with E-state index in [1.54, 1.807) is 6.07 Å². The van der Waals surface area contributed by atoms with Gasteiger partial charge in [-0.25, -0.2) is 4.39 Å². The Morgan fingerprint density at radius 1 is 1.10 bits per heavy atom. The van der Waals surface area contributed by atoms with Crippen LogP contribution in [-0.2, 0) is 16.8 Å². The van der Waals surface area contributed by atoms with E-state index in [-0.39, 0.29) is 23.1 Å². The molecule has 3 aliphatic rings. The fourth-order valence-corrected chi connectivity index (χ4v) is 5.74. The molecule has 0 aromatic heterocycles. The van der Waals surface area contributed by atoms with Gasteiger partial charge in [-0.05, 0) is 80.2 Å². The molecular weight excluding hydrogens is 389 g/mol. The number of carbonyl (C=O) groups is 1. The van der Waals surface area contributed by atoms with Gasteiger partial charge in [-0.1, -0.05) is 25.0 Å². The molecule has 5 heteroatoms. The number of nitrogens with zero attached hydrogens (tertiary/aromatic N) is 3. The van der Waals surface area contributed by atoms with Crippen LogP contribution in [0.5, 0.6) is 0 Å². The number of rotatable bonds is 3. The van der Waals surface area contributed by atoms with Crippen LogP contribution in [0, 0.1) is 23.1 Å². The summed E-state index contributed by atoms with van der Waals surface area (Å²) in [5.74, 6) is 0.153. The normalized spacial score (nSPS) is 20.7. The summed E-state index contributed by atoms with van der Waals surface area (Å²) in [7, 11) is 0. The monoisotopic (exact) mass is 417 g/mol. The Bertz CT molecular complexity index is 1010. The summed E-state index contributed by atoms with van der Waals surface area (Å²) in [5.41, 5.74) is 3.69. The summed E-state index contributed by atoms with van der Waals surface area (Å²) in [6, 6.07) is 14.9. The van der Waals surface area contributed by atoms with Gasteiger partial charge in [0.25, 0.3) is 0 Å². The van der Waals surface area contributed by atoms with E-state index < -0.39 is 0 Å². The van der Waals surface area contributed by atoms with Gasteiger partial charge in [-0.2, -0.15) is 5.26 Å². The van der Waals surface area contributed by atoms with Gasteiger partial charge in [0.1, 0.15) is 5.82 Å². The number of benzene rings is 2. The minimum Gasteiger partial charge on any atom is -0.311 e. The highest BCUT2D eigenvalue weighted by atomic mass is 19.1. The molecule has 2 heterocycles. The molecule has 2 aliphatic heterocycles. The molecule has 0 atom stereocenters. The van der Waals surface area contributed by atoms with Gasteiger partial charge >= 0.3 is 0 Å². The topological polar surface area (TPSA) is 47.3 Å². The van der Waals surface area contributed by atoms with E-state index in [0.717, 1.165) is 69.4 Å². The van der Waals surface area contributed by atoms with Gasteiger partial charge in [-0.3, -0.25) is 9.69 Å². The highest BCUT2D eigenvalue weighted by molar-refractivity contribution is 5.98. The number of fused-ring (bicyclic) bond motifs is 2. The van der Waals surface area contributed by atoms with E-state index in [0.29, 0.717) is 12.1 Å². The van der Waals surface area contributed by atoms with Crippen LogP contribution < -0.4 is 4.90 Å². The first-order valence-electron chi connectivity index (χ1n) is 11.4. The maximum Gasteiger partial charge on any atom is 0.230 e. The van der Waals surface area contributed by atoms with Gasteiger partial charge in [0, 0.05) is 30.1 Å². The number of amides is 1. The van der Waals surface area contributed by atoms with Crippen molar-refractivity contribution >= 4 is 11.6 Å². The zero-order chi connectivity index (χ0) is 21.4. The predicted molar refractivity (Wildman–Crippen MR) is 118 cm³/mol. The number of anilines is 1. The average molecular weight is 418 g/mol. The Kier molecular flexibility index (Phi) is 5.27. The molecule has 2 aromatic rings. The Morgan fingerprint density at radius 2 is 1.81 bits per heavy atom. The molecule has 0 unspecified atom stereocenters. The second-order valence-electron chi connectivity index (χ2n) is 9.43. The summed E-state index contributed by atoms with van der Waals surface area (Å²) >= 11 is 0. The van der Waals surface area contributed by atoms with Crippen molar-refractivity contribution in [2.24, 2.45) is 5.92 Å². The lowest BCUT2D eigenvalue weighted by Gasteiger charge is -2.40. The Morgan fingerprint density at radius 3 is 2.48 bits per heavy atom. The molecule has 1 aliphatic carbocycles. The van der Waals surface area contributed by atoms with Crippen molar-refractivity contribution in [1.82, 2.24) is 4.90 Å². The van der Waals surface area contributed by atoms with Crippen LogP contribution in [0.25, 0.3) is 0 Å². The number of halogens is 1. The Hall–Kier alpha value is -2.71. The molecule has 0 N–H and O–H groups in total. The van der Waals surface area contributed by atoms with Crippen LogP contribution in [0.1, 0.15) is 55.2 Å². The first kappa shape index (κ1) is 20.2. The van der Waals surface area contributed by atoms with E-state index in [1.165, 1.54) is 11.6 Å². The molecule has 2 fully saturated rings. The Balaban J connectivity index is 1.33. The van der Waals surface area contributed by atoms with E-state index in [9.17, 15) is 9.18 Å². The molecule has 1 saturated carbocycles. The third kappa shape index (κ3) is 3.74. The number of carbonyl (C=O) groups excluding carboxylic acids is 1. The van der Waals surface area contributed by atoms with E-state index >= 15 is 0 Å². The molecule has 1 saturated heterocycles. The van der Waals surface area contributed by atoms with Crippen LogP contribution in [0.2, 0.25) is 0 Å². The fourth-order valence-electron chi connectivity index (χ4n) is 5.74. The molecule has 160 valence electrons. The minimum absolute atomic E-state index is 0.129. The quantitative estimate of drug-likeness (QED) is 0.723. The SMILES string of the molecule is N#Cc1ccc(CN2CCC3(CC2)CN(C(=O)C2CCCC2)c2ccc(F)cc23)cc1. The first-order chi connectivity index (χ1) is 15.1. The van der Waals surface area contributed by atoms with E-state index in [2.05, 4.69) is 11.0 Å². The zero-order valence-electron chi connectivity index (χ0n) is 17.8. The zero-order valence-corrected chi connectivity index (χ0v) is 17.8. The standard InChI is InChI=1S/C26H28FN3O/c27-22-9-10-24-23(15-22)26(18-30(24)25(31)21-3-1-2-4-21)11-13-29(14-12-26)17-20-7-5-19(16-28)6-8-20/h5-10,15,21H,1-4,11-14,17-18H2. The minimum atomic E-state index is -0.215. The van der Waals surface area contributed by atoms with Gasteiger partial charge in [0.15, 0.2) is 0 Å². The van der Waals surface area contributed by atoms with Gasteiger partial charge < -0.3 is 4.90 Å². The van der Waals surface area contributed by atoms with Crippen LogP contribution in [-0.4, -0.2) is 30.4 Å². The molecule has 2 aromatic carbocycles. The summed E-state index contributed by atoms with van der Waals surface area (Å²) in [5, 5.41) is 8.98. The van der Waals surface area contributed by atoms with E-state index in [1.807, 2.05) is 35.2 Å². The number of hydrogen-bond donors (Lipinski definition) is 0. The summed E-state index contributed by atoms with van der Waals surface area (Å²) in [4.78, 5) is 17.7. The number of nitriles is 1. The molecule has 31 heavy (non-hydrogen) atoms. The highest BCUT2D eigenvalue weighted by Crippen LogP contribution is 2.48. The van der Waals surface area contributed by atoms with Crippen molar-refractivity contribution < 1.29 is 9.18 Å². The second-order valence-corrected chi connectivity index (χ2v) is 9.43. The Labute approximate surface area is 183 Å². The number of piperidine rings is 1. The third-order valence-corrected chi connectivity index (χ3v) is 7.55. The third-order valence-electron chi connectivity index (χ3n) is 7.55. The predicted octanol–water partition coefficient (Wildman–Crippen LogP) is 4.77. The summed E-state index contributed by atoms with van der Waals surface area (Å²) < 4.78 is 14.2. The van der Waals surface area contributed by atoms with Crippen molar-refractivity contribution in [1.29, 1.82) is 5.26 Å². The smallest absolute Gasteiger partial charge is 0.230 e. The molecule has 4 nitrogen and oxygen atoms in total. The maximum absolute atomic E-state index is 14.2. The maximum atomic E-state index is 14.2. The van der Waals surface area contributed by atoms with Crippen molar-refractivity contribution in [3.8, 4) is 6.07 Å². The van der Waals surface area contributed by atoms with Crippen molar-refractivity contribution in [3.63, 3.8) is 0 Å². The van der Waals surface area contributed by atoms with Gasteiger partial charge in [0.2, 0.25) is 5.91 Å². The largest absolute Gasteiger partial charge is 0.311 e. The molecule has 5 rings (SSSR count). The molecule has 1 spiro atoms. The van der Waals surface area contributed by atoms with E-state index in [4.69, 9.17) is 5.26 Å². The number of hydrogen-bond acceptors (Lipinski definition) is 3. The number of likely N-dealkylation sites (tertiary alicyclic amines) is 1. The highest BCUT2D eigenvalue weighted by Gasteiger charge is 2.47. The van der Waals surface area contributed by atoms with Crippen LogP contribution in [0.4, 0.5) is 10.1 Å². The average Bonchev–Trinajstić information content (AvgIpc) is 3.43. The fraction of sp³-hybridized carbons (Fsp3) is 0.462. The summed E-state index contributed by atoms with van der Waals surface area (Å²) in [6.45, 7) is 3.37. The molecule has 1 amide bonds. The van der Waals surface area contributed by atoms with Crippen LogP contribution in [0.15, 0.2) is 42.5 Å². The van der Waals surface area contributed by atoms with Gasteiger partial charge in [-0.15, -0.1) is 0 Å². The van der Waals surface area contributed by atoms with Crippen molar-refractivity contribution in [3.05, 3.63) is 65.0 Å². The second kappa shape index (κ2) is 8.09. The lowest BCUT2D eigenvalue weighted by molar-refractivity contribution is -0.122. The molecule has 0 bridgehead atoms. The lowest BCUT2D eigenvalue weighted by atomic mass is 9.74. The van der Waals surface area contributed by atoms with Crippen LogP contribution >= 0.6 is 0 Å². The molecular formula is C26H28FN3O. The molecule has 0 radical (unpaired) electrons.